The summed E-state index contributed by atoms with van der Waals surface area (Å²) in [5, 5.41) is 12.5. The maximum Gasteiger partial charge on any atom is 0.178 e. The first-order chi connectivity index (χ1) is 16.7. The molecule has 1 N–H and O–H groups in total. The van der Waals surface area contributed by atoms with Crippen LogP contribution >= 0.6 is 11.8 Å². The lowest BCUT2D eigenvalue weighted by atomic mass is 9.46. The van der Waals surface area contributed by atoms with E-state index in [0.29, 0.717) is 12.8 Å². The molecule has 3 fully saturated rings. The van der Waals surface area contributed by atoms with Crippen molar-refractivity contribution in [1.82, 2.24) is 4.98 Å². The SMILES string of the molecule is CO[C@@H]1CC2C3CCC4=CC(=O)C=CC4(C)C3[C@@H](O)CC2(C)[C@@]1(OC)C(=O)CSc1ccccn1. The van der Waals surface area contributed by atoms with Crippen molar-refractivity contribution in [2.75, 3.05) is 20.0 Å². The van der Waals surface area contributed by atoms with E-state index in [2.05, 4.69) is 18.8 Å². The van der Waals surface area contributed by atoms with Crippen molar-refractivity contribution in [3.63, 3.8) is 0 Å². The molecule has 0 aliphatic heterocycles. The van der Waals surface area contributed by atoms with Crippen LogP contribution in [-0.2, 0) is 19.1 Å². The van der Waals surface area contributed by atoms with Gasteiger partial charge in [-0.25, -0.2) is 4.98 Å². The molecule has 0 amide bonds. The molecule has 6 nitrogen and oxygen atoms in total. The van der Waals surface area contributed by atoms with E-state index >= 15 is 0 Å². The number of pyridine rings is 1. The number of hydrogen-bond acceptors (Lipinski definition) is 7. The van der Waals surface area contributed by atoms with Gasteiger partial charge in [0.1, 0.15) is 0 Å². The summed E-state index contributed by atoms with van der Waals surface area (Å²) >= 11 is 1.41. The van der Waals surface area contributed by atoms with Gasteiger partial charge in [0.25, 0.3) is 0 Å². The summed E-state index contributed by atoms with van der Waals surface area (Å²) in [6, 6.07) is 5.66. The number of methoxy groups -OCH3 is 2. The number of Topliss-reactive ketones (excluding diaryl/α,β-unsaturated/α-hetero) is 1. The quantitative estimate of drug-likeness (QED) is 0.594. The Morgan fingerprint density at radius 3 is 2.77 bits per heavy atom. The molecule has 4 aliphatic rings. The molecule has 7 heteroatoms. The Morgan fingerprint density at radius 1 is 1.29 bits per heavy atom. The molecular weight excluding hydrogens is 462 g/mol. The Balaban J connectivity index is 1.50. The molecule has 3 saturated carbocycles. The van der Waals surface area contributed by atoms with Crippen molar-refractivity contribution in [3.8, 4) is 0 Å². The van der Waals surface area contributed by atoms with Gasteiger partial charge in [-0.1, -0.05) is 43.3 Å². The average molecular weight is 498 g/mol. The number of fused-ring (bicyclic) bond motifs is 5. The summed E-state index contributed by atoms with van der Waals surface area (Å²) in [5.74, 6) is 0.605. The highest BCUT2D eigenvalue weighted by atomic mass is 32.2. The molecule has 5 unspecified atom stereocenters. The highest BCUT2D eigenvalue weighted by molar-refractivity contribution is 7.99. The topological polar surface area (TPSA) is 85.7 Å². The lowest BCUT2D eigenvalue weighted by molar-refractivity contribution is -0.198. The van der Waals surface area contributed by atoms with Gasteiger partial charge in [-0.15, -0.1) is 0 Å². The van der Waals surface area contributed by atoms with Crippen LogP contribution in [0.1, 0.15) is 39.5 Å². The molecule has 35 heavy (non-hydrogen) atoms. The van der Waals surface area contributed by atoms with Gasteiger partial charge in [-0.2, -0.15) is 0 Å². The van der Waals surface area contributed by atoms with E-state index in [0.717, 1.165) is 23.4 Å². The van der Waals surface area contributed by atoms with Gasteiger partial charge in [0.05, 0.1) is 23.0 Å². The maximum absolute atomic E-state index is 14.0. The van der Waals surface area contributed by atoms with Gasteiger partial charge in [0, 0.05) is 37.2 Å². The Labute approximate surface area is 211 Å². The molecule has 1 aromatic rings. The zero-order valence-electron chi connectivity index (χ0n) is 20.9. The lowest BCUT2D eigenvalue weighted by Gasteiger charge is -2.60. The fraction of sp³-hybridized carbons (Fsp3) is 0.607. The Bertz CT molecular complexity index is 1070. The second kappa shape index (κ2) is 8.94. The van der Waals surface area contributed by atoms with Crippen LogP contribution in [0.3, 0.4) is 0 Å². The zero-order valence-corrected chi connectivity index (χ0v) is 21.7. The summed E-state index contributed by atoms with van der Waals surface area (Å²) in [6.45, 7) is 4.28. The van der Waals surface area contributed by atoms with Crippen molar-refractivity contribution < 1.29 is 24.2 Å². The minimum atomic E-state index is -1.14. The van der Waals surface area contributed by atoms with E-state index in [1.54, 1.807) is 32.6 Å². The summed E-state index contributed by atoms with van der Waals surface area (Å²) in [7, 11) is 3.27. The van der Waals surface area contributed by atoms with Crippen LogP contribution in [0.25, 0.3) is 0 Å². The second-order valence-corrected chi connectivity index (χ2v) is 12.0. The lowest BCUT2D eigenvalue weighted by Crippen LogP contribution is -2.64. The first-order valence-corrected chi connectivity index (χ1v) is 13.5. The normalized spacial score (nSPS) is 42.1. The standard InChI is InChI=1S/C28H35NO5S/c1-26-11-10-18(30)13-17(26)8-9-19-20-14-23(33-3)28(34-4,27(20,2)15-21(31)25(19)26)22(32)16-35-24-7-5-6-12-29-24/h5-7,10-13,19-21,23,25,31H,8-9,14-16H2,1-4H3/t19?,20?,21-,23+,25?,26?,27?,28+/m0/s1. The predicted octanol–water partition coefficient (Wildman–Crippen LogP) is 4.03. The van der Waals surface area contributed by atoms with E-state index in [1.165, 1.54) is 11.8 Å². The van der Waals surface area contributed by atoms with Gasteiger partial charge in [0.15, 0.2) is 17.2 Å². The molecule has 1 aromatic heterocycles. The highest BCUT2D eigenvalue weighted by Crippen LogP contribution is 2.68. The third-order valence-corrected chi connectivity index (χ3v) is 10.6. The fourth-order valence-electron chi connectivity index (χ4n) is 8.22. The van der Waals surface area contributed by atoms with Crippen LogP contribution < -0.4 is 0 Å². The zero-order chi connectivity index (χ0) is 25.0. The van der Waals surface area contributed by atoms with Crippen LogP contribution in [0.15, 0.2) is 53.2 Å². The van der Waals surface area contributed by atoms with Crippen molar-refractivity contribution in [3.05, 3.63) is 48.2 Å². The van der Waals surface area contributed by atoms with Crippen LogP contribution in [0.2, 0.25) is 0 Å². The van der Waals surface area contributed by atoms with Crippen molar-refractivity contribution in [2.24, 2.45) is 28.6 Å². The first-order valence-electron chi connectivity index (χ1n) is 12.5. The van der Waals surface area contributed by atoms with Crippen LogP contribution in [-0.4, -0.2) is 59.4 Å². The largest absolute Gasteiger partial charge is 0.393 e. The third kappa shape index (κ3) is 3.53. The van der Waals surface area contributed by atoms with Gasteiger partial charge < -0.3 is 14.6 Å². The number of aliphatic hydroxyl groups excluding tert-OH is 1. The summed E-state index contributed by atoms with van der Waals surface area (Å²) in [5.41, 5.74) is -0.945. The van der Waals surface area contributed by atoms with Gasteiger partial charge in [-0.3, -0.25) is 9.59 Å². The number of carbonyl (C=O) groups is 2. The van der Waals surface area contributed by atoms with Crippen LogP contribution in [0.5, 0.6) is 0 Å². The molecule has 1 heterocycles. The van der Waals surface area contributed by atoms with E-state index < -0.39 is 23.2 Å². The summed E-state index contributed by atoms with van der Waals surface area (Å²) < 4.78 is 12.2. The van der Waals surface area contributed by atoms with Crippen molar-refractivity contribution in [2.45, 2.75) is 62.4 Å². The molecule has 5 rings (SSSR count). The molecule has 0 bridgehead atoms. The summed E-state index contributed by atoms with van der Waals surface area (Å²) in [4.78, 5) is 30.4. The Morgan fingerprint density at radius 2 is 2.09 bits per heavy atom. The number of allylic oxidation sites excluding steroid dienone is 4. The number of rotatable bonds is 6. The fourth-order valence-corrected chi connectivity index (χ4v) is 9.02. The average Bonchev–Trinajstić information content (AvgIpc) is 3.11. The van der Waals surface area contributed by atoms with Crippen molar-refractivity contribution >= 4 is 23.3 Å². The predicted molar refractivity (Wildman–Crippen MR) is 134 cm³/mol. The number of aromatic nitrogens is 1. The van der Waals surface area contributed by atoms with E-state index in [1.807, 2.05) is 24.3 Å². The Hall–Kier alpha value is -1.80. The van der Waals surface area contributed by atoms with Gasteiger partial charge in [-0.05, 0) is 61.8 Å². The molecule has 0 spiro atoms. The second-order valence-electron chi connectivity index (χ2n) is 11.0. The Kier molecular flexibility index (Phi) is 6.36. The molecular formula is C28H35NO5S. The van der Waals surface area contributed by atoms with E-state index in [4.69, 9.17) is 9.47 Å². The van der Waals surface area contributed by atoms with Crippen LogP contribution in [0.4, 0.5) is 0 Å². The smallest absolute Gasteiger partial charge is 0.178 e. The first kappa shape index (κ1) is 24.9. The summed E-state index contributed by atoms with van der Waals surface area (Å²) in [6.07, 6.45) is 9.02. The van der Waals surface area contributed by atoms with Crippen molar-refractivity contribution in [1.29, 1.82) is 0 Å². The number of ketones is 2. The number of ether oxygens (including phenoxy) is 2. The highest BCUT2D eigenvalue weighted by Gasteiger charge is 2.72. The number of thioether (sulfide) groups is 1. The number of hydrogen-bond donors (Lipinski definition) is 1. The number of aliphatic hydroxyl groups is 1. The van der Waals surface area contributed by atoms with E-state index in [-0.39, 0.29) is 40.5 Å². The molecule has 0 radical (unpaired) electrons. The molecule has 0 saturated heterocycles. The third-order valence-electron chi connectivity index (χ3n) is 9.67. The number of nitrogens with zero attached hydrogens (tertiary/aromatic N) is 1. The van der Waals surface area contributed by atoms with Gasteiger partial charge >= 0.3 is 0 Å². The molecule has 8 atom stereocenters. The molecule has 4 aliphatic carbocycles. The minimum Gasteiger partial charge on any atom is -0.393 e. The van der Waals surface area contributed by atoms with Gasteiger partial charge in [0.2, 0.25) is 0 Å². The minimum absolute atomic E-state index is 0.00640. The molecule has 0 aromatic carbocycles. The monoisotopic (exact) mass is 497 g/mol. The van der Waals surface area contributed by atoms with Crippen LogP contribution in [0, 0.1) is 28.6 Å². The maximum atomic E-state index is 14.0. The molecule has 188 valence electrons. The van der Waals surface area contributed by atoms with E-state index in [9.17, 15) is 14.7 Å². The number of carbonyl (C=O) groups excluding carboxylic acids is 2.